The van der Waals surface area contributed by atoms with E-state index in [0.717, 1.165) is 11.3 Å². The third-order valence-electron chi connectivity index (χ3n) is 4.60. The van der Waals surface area contributed by atoms with E-state index in [-0.39, 0.29) is 17.7 Å². The molecular weight excluding hydrogens is 322 g/mol. The van der Waals surface area contributed by atoms with Gasteiger partial charge in [0, 0.05) is 37.3 Å². The van der Waals surface area contributed by atoms with Crippen LogP contribution in [-0.4, -0.2) is 30.4 Å². The number of anilines is 2. The largest absolute Gasteiger partial charge is 0.312 e. The molecule has 1 saturated heterocycles. The minimum Gasteiger partial charge on any atom is -0.312 e. The Hall–Kier alpha value is -2.21. The fourth-order valence-electron chi connectivity index (χ4n) is 2.94. The van der Waals surface area contributed by atoms with Gasteiger partial charge in [0.1, 0.15) is 0 Å². The number of carbonyl (C=O) groups is 2. The van der Waals surface area contributed by atoms with Gasteiger partial charge in [-0.1, -0.05) is 6.07 Å². The lowest BCUT2D eigenvalue weighted by atomic mass is 9.95. The second kappa shape index (κ2) is 6.73. The maximum Gasteiger partial charge on any atom is 0.233 e. The highest BCUT2D eigenvalue weighted by molar-refractivity contribution is 7.13. The molecule has 1 aromatic carbocycles. The lowest BCUT2D eigenvalue weighted by Gasteiger charge is -2.33. The van der Waals surface area contributed by atoms with Crippen LogP contribution in [0.15, 0.2) is 29.8 Å². The molecule has 1 fully saturated rings. The highest BCUT2D eigenvalue weighted by Crippen LogP contribution is 2.28. The predicted octanol–water partition coefficient (Wildman–Crippen LogP) is 3.17. The molecule has 2 amide bonds. The van der Waals surface area contributed by atoms with E-state index in [1.54, 1.807) is 23.0 Å². The zero-order chi connectivity index (χ0) is 17.3. The van der Waals surface area contributed by atoms with Gasteiger partial charge in [0.2, 0.25) is 11.8 Å². The number of benzene rings is 1. The van der Waals surface area contributed by atoms with Crippen molar-refractivity contribution in [2.75, 3.05) is 23.4 Å². The lowest BCUT2D eigenvalue weighted by Crippen LogP contribution is -2.46. The van der Waals surface area contributed by atoms with Gasteiger partial charge in [-0.2, -0.15) is 0 Å². The van der Waals surface area contributed by atoms with Gasteiger partial charge in [-0.3, -0.25) is 14.5 Å². The van der Waals surface area contributed by atoms with Crippen LogP contribution in [0.5, 0.6) is 0 Å². The van der Waals surface area contributed by atoms with Gasteiger partial charge < -0.3 is 4.90 Å². The monoisotopic (exact) mass is 343 g/mol. The predicted molar refractivity (Wildman–Crippen MR) is 96.5 cm³/mol. The van der Waals surface area contributed by atoms with Crippen molar-refractivity contribution < 1.29 is 9.59 Å². The van der Waals surface area contributed by atoms with E-state index < -0.39 is 0 Å². The molecule has 3 rings (SSSR count). The first-order chi connectivity index (χ1) is 11.5. The van der Waals surface area contributed by atoms with Gasteiger partial charge >= 0.3 is 0 Å². The Bertz CT molecular complexity index is 758. The van der Waals surface area contributed by atoms with Crippen LogP contribution in [-0.2, 0) is 9.59 Å². The van der Waals surface area contributed by atoms with Crippen LogP contribution in [0.3, 0.4) is 0 Å². The third kappa shape index (κ3) is 3.19. The van der Waals surface area contributed by atoms with E-state index in [1.807, 2.05) is 37.4 Å². The normalized spacial score (nSPS) is 17.9. The summed E-state index contributed by atoms with van der Waals surface area (Å²) in [5, 5.41) is 2.54. The summed E-state index contributed by atoms with van der Waals surface area (Å²) < 4.78 is 0. The smallest absolute Gasteiger partial charge is 0.233 e. The van der Waals surface area contributed by atoms with Crippen LogP contribution < -0.4 is 9.80 Å². The maximum atomic E-state index is 12.8. The number of amides is 2. The van der Waals surface area contributed by atoms with Gasteiger partial charge in [-0.25, -0.2) is 4.98 Å². The number of nitrogens with zero attached hydrogens (tertiary/aromatic N) is 3. The summed E-state index contributed by atoms with van der Waals surface area (Å²) in [4.78, 5) is 32.6. The molecule has 0 saturated carbocycles. The Morgan fingerprint density at radius 2 is 2.12 bits per heavy atom. The summed E-state index contributed by atoms with van der Waals surface area (Å²) >= 11 is 1.44. The van der Waals surface area contributed by atoms with Crippen molar-refractivity contribution >= 4 is 34.0 Å². The van der Waals surface area contributed by atoms with E-state index in [9.17, 15) is 9.59 Å². The van der Waals surface area contributed by atoms with Crippen LogP contribution in [0.1, 0.15) is 24.0 Å². The summed E-state index contributed by atoms with van der Waals surface area (Å²) in [7, 11) is 1.75. The quantitative estimate of drug-likeness (QED) is 0.860. The average Bonchev–Trinajstić information content (AvgIpc) is 3.11. The molecule has 1 unspecified atom stereocenters. The van der Waals surface area contributed by atoms with E-state index in [4.69, 9.17) is 0 Å². The van der Waals surface area contributed by atoms with Crippen molar-refractivity contribution in [2.45, 2.75) is 26.7 Å². The number of aromatic nitrogens is 1. The van der Waals surface area contributed by atoms with Gasteiger partial charge in [-0.15, -0.1) is 11.3 Å². The number of piperidine rings is 1. The van der Waals surface area contributed by atoms with Crippen molar-refractivity contribution in [1.82, 2.24) is 4.98 Å². The standard InChI is InChI=1S/C18H21N3O2S/c1-12-4-6-15(10-13(12)2)21-11-14(5-7-16(21)22)17(23)20(3)18-19-8-9-24-18/h4,6,8-10,14H,5,7,11H2,1-3H3. The number of rotatable bonds is 3. The first-order valence-electron chi connectivity index (χ1n) is 8.02. The molecule has 2 aromatic rings. The Labute approximate surface area is 145 Å². The number of aryl methyl sites for hydroxylation is 2. The second-order valence-corrected chi connectivity index (χ2v) is 7.09. The number of carbonyl (C=O) groups excluding carboxylic acids is 2. The van der Waals surface area contributed by atoms with Gasteiger partial charge in [-0.05, 0) is 43.5 Å². The molecule has 0 bridgehead atoms. The SMILES string of the molecule is Cc1ccc(N2CC(C(=O)N(C)c3nccs3)CCC2=O)cc1C. The molecule has 6 heteroatoms. The van der Waals surface area contributed by atoms with E-state index in [2.05, 4.69) is 4.98 Å². The Morgan fingerprint density at radius 1 is 1.33 bits per heavy atom. The van der Waals surface area contributed by atoms with Crippen LogP contribution in [0.2, 0.25) is 0 Å². The van der Waals surface area contributed by atoms with Gasteiger partial charge in [0.15, 0.2) is 5.13 Å². The zero-order valence-electron chi connectivity index (χ0n) is 14.2. The number of hydrogen-bond donors (Lipinski definition) is 0. The highest BCUT2D eigenvalue weighted by Gasteiger charge is 2.33. The molecule has 1 atom stereocenters. The minimum absolute atomic E-state index is 0.0197. The van der Waals surface area contributed by atoms with Crippen LogP contribution >= 0.6 is 11.3 Å². The van der Waals surface area contributed by atoms with Crippen LogP contribution in [0.25, 0.3) is 0 Å². The summed E-state index contributed by atoms with van der Waals surface area (Å²) in [5.74, 6) is -0.0938. The molecule has 5 nitrogen and oxygen atoms in total. The van der Waals surface area contributed by atoms with Crippen LogP contribution in [0, 0.1) is 19.8 Å². The lowest BCUT2D eigenvalue weighted by molar-refractivity contribution is -0.125. The summed E-state index contributed by atoms with van der Waals surface area (Å²) in [6.45, 7) is 4.51. The Balaban J connectivity index is 1.79. The molecule has 0 aliphatic carbocycles. The highest BCUT2D eigenvalue weighted by atomic mass is 32.1. The van der Waals surface area contributed by atoms with Gasteiger partial charge in [0.05, 0.1) is 5.92 Å². The molecule has 1 aliphatic heterocycles. The molecule has 1 aromatic heterocycles. The third-order valence-corrected chi connectivity index (χ3v) is 5.45. The topological polar surface area (TPSA) is 53.5 Å². The van der Waals surface area contributed by atoms with Crippen molar-refractivity contribution in [1.29, 1.82) is 0 Å². The van der Waals surface area contributed by atoms with E-state index >= 15 is 0 Å². The van der Waals surface area contributed by atoms with Crippen molar-refractivity contribution in [3.63, 3.8) is 0 Å². The molecule has 0 N–H and O–H groups in total. The fraction of sp³-hybridized carbons (Fsp3) is 0.389. The number of thiazole rings is 1. The molecule has 24 heavy (non-hydrogen) atoms. The van der Waals surface area contributed by atoms with Gasteiger partial charge in [0.25, 0.3) is 0 Å². The first kappa shape index (κ1) is 16.6. The van der Waals surface area contributed by atoms with E-state index in [0.29, 0.717) is 24.5 Å². The molecule has 0 spiro atoms. The second-order valence-electron chi connectivity index (χ2n) is 6.22. The summed E-state index contributed by atoms with van der Waals surface area (Å²) in [6, 6.07) is 5.99. The minimum atomic E-state index is -0.196. The maximum absolute atomic E-state index is 12.8. The first-order valence-corrected chi connectivity index (χ1v) is 8.90. The van der Waals surface area contributed by atoms with Crippen molar-refractivity contribution in [2.24, 2.45) is 5.92 Å². The molecule has 1 aliphatic rings. The van der Waals surface area contributed by atoms with Crippen molar-refractivity contribution in [3.8, 4) is 0 Å². The zero-order valence-corrected chi connectivity index (χ0v) is 15.0. The number of hydrogen-bond acceptors (Lipinski definition) is 4. The fourth-order valence-corrected chi connectivity index (χ4v) is 3.55. The average molecular weight is 343 g/mol. The molecule has 0 radical (unpaired) electrons. The van der Waals surface area contributed by atoms with E-state index in [1.165, 1.54) is 16.9 Å². The molecule has 126 valence electrons. The Kier molecular flexibility index (Phi) is 4.66. The Morgan fingerprint density at radius 3 is 2.79 bits per heavy atom. The summed E-state index contributed by atoms with van der Waals surface area (Å²) in [5.41, 5.74) is 3.21. The molecule has 2 heterocycles. The van der Waals surface area contributed by atoms with Crippen molar-refractivity contribution in [3.05, 3.63) is 40.9 Å². The van der Waals surface area contributed by atoms with Crippen LogP contribution in [0.4, 0.5) is 10.8 Å². The molecular formula is C18H21N3O2S. The summed E-state index contributed by atoms with van der Waals surface area (Å²) in [6.07, 6.45) is 2.68.